The first-order valence-corrected chi connectivity index (χ1v) is 8.01. The summed E-state index contributed by atoms with van der Waals surface area (Å²) in [7, 11) is 3.18. The van der Waals surface area contributed by atoms with Gasteiger partial charge in [0.1, 0.15) is 17.2 Å². The van der Waals surface area contributed by atoms with E-state index in [-0.39, 0.29) is 5.91 Å². The number of ether oxygens (including phenoxy) is 2. The van der Waals surface area contributed by atoms with Crippen LogP contribution in [-0.2, 0) is 0 Å². The number of methoxy groups -OCH3 is 2. The minimum Gasteiger partial charge on any atom is -0.497 e. The molecule has 0 aliphatic heterocycles. The molecular weight excluding hydrogens is 330 g/mol. The summed E-state index contributed by atoms with van der Waals surface area (Å²) in [6.07, 6.45) is 1.61. The summed E-state index contributed by atoms with van der Waals surface area (Å²) < 4.78 is 10.4. The molecule has 0 saturated heterocycles. The van der Waals surface area contributed by atoms with E-state index in [4.69, 9.17) is 9.47 Å². The molecule has 6 heteroatoms. The molecule has 1 heterocycles. The van der Waals surface area contributed by atoms with Crippen molar-refractivity contribution in [3.8, 4) is 11.5 Å². The number of para-hydroxylation sites is 2. The molecule has 0 aliphatic rings. The Morgan fingerprint density at radius 3 is 2.50 bits per heavy atom. The summed E-state index contributed by atoms with van der Waals surface area (Å²) in [5.74, 6) is 1.05. The second-order valence-electron chi connectivity index (χ2n) is 5.44. The van der Waals surface area contributed by atoms with Crippen molar-refractivity contribution in [1.82, 2.24) is 4.98 Å². The molecule has 0 bridgehead atoms. The quantitative estimate of drug-likeness (QED) is 0.701. The zero-order valence-corrected chi connectivity index (χ0v) is 14.5. The molecule has 0 spiro atoms. The minimum atomic E-state index is -0.303. The molecule has 26 heavy (non-hydrogen) atoms. The first kappa shape index (κ1) is 17.3. The van der Waals surface area contributed by atoms with Gasteiger partial charge < -0.3 is 20.1 Å². The number of pyridine rings is 1. The van der Waals surface area contributed by atoms with Crippen LogP contribution in [0.15, 0.2) is 66.9 Å². The van der Waals surface area contributed by atoms with Crippen LogP contribution in [0.4, 0.5) is 17.1 Å². The lowest BCUT2D eigenvalue weighted by Crippen LogP contribution is -2.14. The van der Waals surface area contributed by atoms with Gasteiger partial charge in [0.05, 0.1) is 31.8 Å². The number of anilines is 3. The second kappa shape index (κ2) is 8.02. The maximum absolute atomic E-state index is 12.4. The fourth-order valence-electron chi connectivity index (χ4n) is 2.40. The monoisotopic (exact) mass is 349 g/mol. The number of aromatic nitrogens is 1. The Morgan fingerprint density at radius 1 is 0.923 bits per heavy atom. The largest absolute Gasteiger partial charge is 0.497 e. The van der Waals surface area contributed by atoms with Gasteiger partial charge in [0, 0.05) is 11.8 Å². The predicted molar refractivity (Wildman–Crippen MR) is 101 cm³/mol. The maximum atomic E-state index is 12.4. The molecule has 3 rings (SSSR count). The van der Waals surface area contributed by atoms with Gasteiger partial charge in [0.25, 0.3) is 5.91 Å². The molecule has 0 unspecified atom stereocenters. The molecule has 0 fully saturated rings. The van der Waals surface area contributed by atoms with Crippen molar-refractivity contribution in [2.24, 2.45) is 0 Å². The van der Waals surface area contributed by atoms with Crippen LogP contribution in [0.2, 0.25) is 0 Å². The van der Waals surface area contributed by atoms with Gasteiger partial charge in [-0.2, -0.15) is 0 Å². The third-order valence-corrected chi connectivity index (χ3v) is 3.71. The van der Waals surface area contributed by atoms with Gasteiger partial charge in [0.15, 0.2) is 0 Å². The Kier molecular flexibility index (Phi) is 5.34. The zero-order valence-electron chi connectivity index (χ0n) is 14.5. The molecular formula is C20H19N3O3. The van der Waals surface area contributed by atoms with E-state index in [1.807, 2.05) is 36.4 Å². The molecule has 6 nitrogen and oxygen atoms in total. The van der Waals surface area contributed by atoms with E-state index in [0.717, 1.165) is 17.1 Å². The smallest absolute Gasteiger partial charge is 0.274 e. The van der Waals surface area contributed by atoms with Gasteiger partial charge in [-0.05, 0) is 36.4 Å². The van der Waals surface area contributed by atoms with Crippen molar-refractivity contribution in [3.63, 3.8) is 0 Å². The van der Waals surface area contributed by atoms with E-state index >= 15 is 0 Å². The first-order valence-electron chi connectivity index (χ1n) is 8.01. The molecule has 0 saturated carbocycles. The van der Waals surface area contributed by atoms with Crippen LogP contribution in [0.25, 0.3) is 0 Å². The van der Waals surface area contributed by atoms with Crippen LogP contribution in [-0.4, -0.2) is 25.1 Å². The number of benzene rings is 2. The summed E-state index contributed by atoms with van der Waals surface area (Å²) in [5, 5.41) is 6.02. The number of nitrogens with zero attached hydrogens (tertiary/aromatic N) is 1. The van der Waals surface area contributed by atoms with E-state index in [0.29, 0.717) is 17.1 Å². The number of carbonyl (C=O) groups excluding carboxylic acids is 1. The Hall–Kier alpha value is -3.54. The Labute approximate surface area is 151 Å². The van der Waals surface area contributed by atoms with Crippen LogP contribution < -0.4 is 20.1 Å². The fraction of sp³-hybridized carbons (Fsp3) is 0.100. The van der Waals surface area contributed by atoms with Crippen molar-refractivity contribution >= 4 is 23.0 Å². The van der Waals surface area contributed by atoms with Gasteiger partial charge in [-0.25, -0.2) is 4.98 Å². The number of hydrogen-bond acceptors (Lipinski definition) is 5. The number of rotatable bonds is 6. The van der Waals surface area contributed by atoms with Crippen LogP contribution in [0.1, 0.15) is 10.5 Å². The summed E-state index contributed by atoms with van der Waals surface area (Å²) in [4.78, 5) is 16.6. The standard InChI is InChI=1S/C20H19N3O3/c1-25-16-7-5-6-14(12-16)22-15-10-11-18(21-13-15)20(24)23-17-8-3-4-9-19(17)26-2/h3-13,22H,1-2H3,(H,23,24). The van der Waals surface area contributed by atoms with E-state index in [9.17, 15) is 4.79 Å². The topological polar surface area (TPSA) is 72.5 Å². The van der Waals surface area contributed by atoms with Gasteiger partial charge in [-0.1, -0.05) is 18.2 Å². The molecule has 0 radical (unpaired) electrons. The van der Waals surface area contributed by atoms with E-state index in [1.165, 1.54) is 0 Å². The summed E-state index contributed by atoms with van der Waals surface area (Å²) in [6, 6.07) is 18.2. The van der Waals surface area contributed by atoms with Crippen molar-refractivity contribution < 1.29 is 14.3 Å². The lowest BCUT2D eigenvalue weighted by atomic mass is 10.2. The summed E-state index contributed by atoms with van der Waals surface area (Å²) >= 11 is 0. The maximum Gasteiger partial charge on any atom is 0.274 e. The molecule has 1 aromatic heterocycles. The van der Waals surface area contributed by atoms with Crippen LogP contribution >= 0.6 is 0 Å². The highest BCUT2D eigenvalue weighted by Crippen LogP contribution is 2.24. The van der Waals surface area contributed by atoms with Crippen LogP contribution in [0.3, 0.4) is 0 Å². The summed E-state index contributed by atoms with van der Waals surface area (Å²) in [6.45, 7) is 0. The predicted octanol–water partition coefficient (Wildman–Crippen LogP) is 4.09. The average Bonchev–Trinajstić information content (AvgIpc) is 2.69. The molecule has 3 aromatic rings. The first-order chi connectivity index (χ1) is 12.7. The van der Waals surface area contributed by atoms with Gasteiger partial charge in [-0.3, -0.25) is 4.79 Å². The fourth-order valence-corrected chi connectivity index (χ4v) is 2.40. The lowest BCUT2D eigenvalue weighted by Gasteiger charge is -2.10. The van der Waals surface area contributed by atoms with E-state index < -0.39 is 0 Å². The third kappa shape index (κ3) is 4.10. The van der Waals surface area contributed by atoms with Crippen molar-refractivity contribution in [2.75, 3.05) is 24.9 Å². The third-order valence-electron chi connectivity index (χ3n) is 3.71. The van der Waals surface area contributed by atoms with Gasteiger partial charge in [0.2, 0.25) is 0 Å². The molecule has 0 aliphatic carbocycles. The van der Waals surface area contributed by atoms with Crippen LogP contribution in [0, 0.1) is 0 Å². The van der Waals surface area contributed by atoms with Gasteiger partial charge in [-0.15, -0.1) is 0 Å². The number of carbonyl (C=O) groups is 1. The van der Waals surface area contributed by atoms with Crippen molar-refractivity contribution in [3.05, 3.63) is 72.6 Å². The number of nitrogens with one attached hydrogen (secondary N) is 2. The Balaban J connectivity index is 1.69. The highest BCUT2D eigenvalue weighted by molar-refractivity contribution is 6.03. The minimum absolute atomic E-state index is 0.303. The molecule has 0 atom stereocenters. The zero-order chi connectivity index (χ0) is 18.4. The second-order valence-corrected chi connectivity index (χ2v) is 5.44. The molecule has 2 N–H and O–H groups in total. The normalized spacial score (nSPS) is 10.1. The van der Waals surface area contributed by atoms with Crippen LogP contribution in [0.5, 0.6) is 11.5 Å². The molecule has 1 amide bonds. The average molecular weight is 349 g/mol. The Bertz CT molecular complexity index is 895. The van der Waals surface area contributed by atoms with Crippen molar-refractivity contribution in [2.45, 2.75) is 0 Å². The molecule has 132 valence electrons. The highest BCUT2D eigenvalue weighted by Gasteiger charge is 2.10. The molecule has 2 aromatic carbocycles. The van der Waals surface area contributed by atoms with E-state index in [1.54, 1.807) is 44.7 Å². The van der Waals surface area contributed by atoms with Crippen molar-refractivity contribution in [1.29, 1.82) is 0 Å². The lowest BCUT2D eigenvalue weighted by molar-refractivity contribution is 0.102. The van der Waals surface area contributed by atoms with Gasteiger partial charge >= 0.3 is 0 Å². The highest BCUT2D eigenvalue weighted by atomic mass is 16.5. The number of hydrogen-bond donors (Lipinski definition) is 2. The number of amides is 1. The SMILES string of the molecule is COc1cccc(Nc2ccc(C(=O)Nc3ccccc3OC)nc2)c1. The summed E-state index contributed by atoms with van der Waals surface area (Å²) in [5.41, 5.74) is 2.55. The van der Waals surface area contributed by atoms with E-state index in [2.05, 4.69) is 15.6 Å². The Morgan fingerprint density at radius 2 is 1.77 bits per heavy atom.